The molecule has 0 aliphatic heterocycles. The van der Waals surface area contributed by atoms with E-state index in [0.717, 1.165) is 50.8 Å². The van der Waals surface area contributed by atoms with Crippen LogP contribution in [0.2, 0.25) is 0 Å². The second-order valence-electron chi connectivity index (χ2n) is 7.69. The van der Waals surface area contributed by atoms with Gasteiger partial charge in [0.1, 0.15) is 5.54 Å². The molecule has 25 heavy (non-hydrogen) atoms. The standard InChI is InChI=1S/C20H25N3O2/c1-15(24)22-20(12-5-6-13-20)17-21-18(25-23-17)19(10-7-11-19)14-16-8-3-2-4-9-16/h2-4,8-9H,5-7,10-14H2,1H3,(H,22,24). The van der Waals surface area contributed by atoms with Crippen molar-refractivity contribution in [2.45, 2.75) is 69.2 Å². The van der Waals surface area contributed by atoms with Crippen molar-refractivity contribution in [1.29, 1.82) is 0 Å². The third kappa shape index (κ3) is 2.96. The Labute approximate surface area is 148 Å². The van der Waals surface area contributed by atoms with Gasteiger partial charge < -0.3 is 9.84 Å². The van der Waals surface area contributed by atoms with Crippen molar-refractivity contribution in [3.63, 3.8) is 0 Å². The molecule has 1 N–H and O–H groups in total. The number of nitrogens with one attached hydrogen (secondary N) is 1. The van der Waals surface area contributed by atoms with Crippen molar-refractivity contribution >= 4 is 5.91 Å². The van der Waals surface area contributed by atoms with Crippen molar-refractivity contribution in [3.8, 4) is 0 Å². The van der Waals surface area contributed by atoms with Gasteiger partial charge in [0.25, 0.3) is 0 Å². The van der Waals surface area contributed by atoms with Crippen molar-refractivity contribution in [1.82, 2.24) is 15.5 Å². The third-order valence-corrected chi connectivity index (χ3v) is 5.88. The molecule has 0 bridgehead atoms. The summed E-state index contributed by atoms with van der Waals surface area (Å²) in [6.45, 7) is 1.56. The molecule has 1 heterocycles. The molecule has 1 aromatic carbocycles. The number of hydrogen-bond acceptors (Lipinski definition) is 4. The Kier molecular flexibility index (Phi) is 4.10. The van der Waals surface area contributed by atoms with Gasteiger partial charge in [0.15, 0.2) is 5.82 Å². The van der Waals surface area contributed by atoms with Crippen LogP contribution < -0.4 is 5.32 Å². The lowest BCUT2D eigenvalue weighted by Gasteiger charge is -2.38. The van der Waals surface area contributed by atoms with Crippen LogP contribution in [0.15, 0.2) is 34.9 Å². The van der Waals surface area contributed by atoms with E-state index in [2.05, 4.69) is 34.7 Å². The molecule has 2 aliphatic rings. The Morgan fingerprint density at radius 1 is 1.12 bits per heavy atom. The number of aromatic nitrogens is 2. The Morgan fingerprint density at radius 3 is 2.44 bits per heavy atom. The van der Waals surface area contributed by atoms with Crippen LogP contribution in [0.25, 0.3) is 0 Å². The molecule has 2 fully saturated rings. The molecule has 0 unspecified atom stereocenters. The lowest BCUT2D eigenvalue weighted by molar-refractivity contribution is -0.121. The van der Waals surface area contributed by atoms with E-state index < -0.39 is 5.54 Å². The maximum atomic E-state index is 11.7. The first-order chi connectivity index (χ1) is 12.1. The summed E-state index contributed by atoms with van der Waals surface area (Å²) in [5.74, 6) is 1.37. The van der Waals surface area contributed by atoms with Crippen molar-refractivity contribution < 1.29 is 9.32 Å². The zero-order valence-electron chi connectivity index (χ0n) is 14.8. The van der Waals surface area contributed by atoms with Gasteiger partial charge in [-0.1, -0.05) is 54.8 Å². The quantitative estimate of drug-likeness (QED) is 0.903. The molecule has 1 amide bonds. The molecule has 2 saturated carbocycles. The highest BCUT2D eigenvalue weighted by Crippen LogP contribution is 2.46. The summed E-state index contributed by atoms with van der Waals surface area (Å²) in [4.78, 5) is 16.5. The minimum atomic E-state index is -0.439. The Balaban J connectivity index is 1.62. The van der Waals surface area contributed by atoms with E-state index >= 15 is 0 Å². The van der Waals surface area contributed by atoms with Gasteiger partial charge in [-0.3, -0.25) is 4.79 Å². The third-order valence-electron chi connectivity index (χ3n) is 5.88. The molecule has 0 saturated heterocycles. The zero-order chi connectivity index (χ0) is 17.3. The van der Waals surface area contributed by atoms with E-state index in [1.54, 1.807) is 6.92 Å². The Morgan fingerprint density at radius 2 is 1.84 bits per heavy atom. The number of rotatable bonds is 5. The maximum Gasteiger partial charge on any atom is 0.233 e. The van der Waals surface area contributed by atoms with E-state index in [4.69, 9.17) is 9.51 Å². The topological polar surface area (TPSA) is 68.0 Å². The molecule has 5 heteroatoms. The molecule has 2 aliphatic carbocycles. The second-order valence-corrected chi connectivity index (χ2v) is 7.69. The summed E-state index contributed by atoms with van der Waals surface area (Å²) >= 11 is 0. The Bertz CT molecular complexity index is 743. The highest BCUT2D eigenvalue weighted by molar-refractivity contribution is 5.74. The van der Waals surface area contributed by atoms with E-state index in [1.807, 2.05) is 6.07 Å². The van der Waals surface area contributed by atoms with Crippen molar-refractivity contribution in [2.24, 2.45) is 0 Å². The molecule has 0 radical (unpaired) electrons. The molecule has 4 rings (SSSR count). The SMILES string of the molecule is CC(=O)NC1(c2noc(C3(Cc4ccccc4)CCC3)n2)CCCC1. The fourth-order valence-corrected chi connectivity index (χ4v) is 4.41. The molecular weight excluding hydrogens is 314 g/mol. The summed E-state index contributed by atoms with van der Waals surface area (Å²) in [5, 5.41) is 7.41. The average Bonchev–Trinajstić information content (AvgIpc) is 3.21. The molecule has 132 valence electrons. The van der Waals surface area contributed by atoms with Crippen LogP contribution in [0.4, 0.5) is 0 Å². The highest BCUT2D eigenvalue weighted by atomic mass is 16.5. The second kappa shape index (κ2) is 6.28. The van der Waals surface area contributed by atoms with E-state index in [9.17, 15) is 4.79 Å². The number of carbonyl (C=O) groups is 1. The maximum absolute atomic E-state index is 11.7. The first-order valence-electron chi connectivity index (χ1n) is 9.29. The number of nitrogens with zero attached hydrogens (tertiary/aromatic N) is 2. The monoisotopic (exact) mass is 339 g/mol. The van der Waals surface area contributed by atoms with Crippen LogP contribution in [0.1, 0.15) is 69.1 Å². The largest absolute Gasteiger partial charge is 0.343 e. The van der Waals surface area contributed by atoms with Gasteiger partial charge in [-0.15, -0.1) is 0 Å². The van der Waals surface area contributed by atoms with E-state index in [1.165, 1.54) is 12.0 Å². The predicted octanol–water partition coefficient (Wildman–Crippen LogP) is 3.64. The van der Waals surface area contributed by atoms with E-state index in [-0.39, 0.29) is 11.3 Å². The van der Waals surface area contributed by atoms with Crippen LogP contribution in [0.3, 0.4) is 0 Å². The zero-order valence-corrected chi connectivity index (χ0v) is 14.8. The normalized spacial score (nSPS) is 20.8. The first kappa shape index (κ1) is 16.3. The van der Waals surface area contributed by atoms with Gasteiger partial charge in [-0.2, -0.15) is 4.98 Å². The molecule has 5 nitrogen and oxygen atoms in total. The number of benzene rings is 1. The fourth-order valence-electron chi connectivity index (χ4n) is 4.41. The van der Waals surface area contributed by atoms with Gasteiger partial charge in [-0.25, -0.2) is 0 Å². The average molecular weight is 339 g/mol. The molecule has 1 aromatic heterocycles. The van der Waals surface area contributed by atoms with Gasteiger partial charge in [0.2, 0.25) is 11.8 Å². The van der Waals surface area contributed by atoms with Gasteiger partial charge in [0.05, 0.1) is 5.41 Å². The van der Waals surface area contributed by atoms with Gasteiger partial charge >= 0.3 is 0 Å². The smallest absolute Gasteiger partial charge is 0.233 e. The summed E-state index contributed by atoms with van der Waals surface area (Å²) in [6, 6.07) is 10.5. The van der Waals surface area contributed by atoms with Crippen LogP contribution in [-0.4, -0.2) is 16.0 Å². The summed E-state index contributed by atoms with van der Waals surface area (Å²) in [5.41, 5.74) is 0.827. The highest BCUT2D eigenvalue weighted by Gasteiger charge is 2.46. The number of carbonyl (C=O) groups excluding carboxylic acids is 1. The number of hydrogen-bond donors (Lipinski definition) is 1. The Hall–Kier alpha value is -2.17. The minimum absolute atomic E-state index is 0.0316. The molecule has 0 spiro atoms. The molecular formula is C20H25N3O2. The predicted molar refractivity (Wildman–Crippen MR) is 93.9 cm³/mol. The minimum Gasteiger partial charge on any atom is -0.343 e. The summed E-state index contributed by atoms with van der Waals surface area (Å²) in [7, 11) is 0. The molecule has 2 aromatic rings. The van der Waals surface area contributed by atoms with Crippen LogP contribution in [0, 0.1) is 0 Å². The van der Waals surface area contributed by atoms with Crippen LogP contribution in [0.5, 0.6) is 0 Å². The van der Waals surface area contributed by atoms with Crippen LogP contribution >= 0.6 is 0 Å². The fraction of sp³-hybridized carbons (Fsp3) is 0.550. The molecule has 0 atom stereocenters. The lowest BCUT2D eigenvalue weighted by atomic mass is 9.65. The first-order valence-corrected chi connectivity index (χ1v) is 9.29. The van der Waals surface area contributed by atoms with Gasteiger partial charge in [-0.05, 0) is 37.7 Å². The van der Waals surface area contributed by atoms with Crippen LogP contribution in [-0.2, 0) is 22.2 Å². The lowest BCUT2D eigenvalue weighted by Crippen LogP contribution is -2.44. The number of amides is 1. The van der Waals surface area contributed by atoms with Gasteiger partial charge in [0, 0.05) is 6.92 Å². The summed E-state index contributed by atoms with van der Waals surface area (Å²) < 4.78 is 5.75. The summed E-state index contributed by atoms with van der Waals surface area (Å²) in [6.07, 6.45) is 8.23. The van der Waals surface area contributed by atoms with Crippen molar-refractivity contribution in [2.75, 3.05) is 0 Å². The van der Waals surface area contributed by atoms with Crippen molar-refractivity contribution in [3.05, 3.63) is 47.6 Å². The van der Waals surface area contributed by atoms with E-state index in [0.29, 0.717) is 5.82 Å².